The Hall–Kier alpha value is -1.99. The molecular formula is C14H11BrN2O. The molecule has 0 heterocycles. The van der Waals surface area contributed by atoms with Crippen LogP contribution in [0, 0.1) is 18.3 Å². The lowest BCUT2D eigenvalue weighted by atomic mass is 10.1. The molecule has 0 aliphatic rings. The highest BCUT2D eigenvalue weighted by atomic mass is 79.9. The number of ether oxygens (including phenoxy) is 1. The molecule has 0 saturated heterocycles. The number of nitriles is 1. The number of aryl methyl sites for hydroxylation is 1. The second-order valence-electron chi connectivity index (χ2n) is 3.85. The van der Waals surface area contributed by atoms with Gasteiger partial charge in [-0.1, -0.05) is 28.1 Å². The van der Waals surface area contributed by atoms with Crippen LogP contribution in [0.3, 0.4) is 0 Å². The molecule has 2 rings (SSSR count). The quantitative estimate of drug-likeness (QED) is 0.853. The van der Waals surface area contributed by atoms with Crippen molar-refractivity contribution in [2.24, 2.45) is 0 Å². The van der Waals surface area contributed by atoms with Crippen LogP contribution in [0.2, 0.25) is 0 Å². The fourth-order valence-electron chi connectivity index (χ4n) is 1.60. The van der Waals surface area contributed by atoms with Gasteiger partial charge in [-0.15, -0.1) is 0 Å². The largest absolute Gasteiger partial charge is 0.454 e. The maximum Gasteiger partial charge on any atom is 0.150 e. The summed E-state index contributed by atoms with van der Waals surface area (Å²) in [5.74, 6) is 1.10. The first-order valence-corrected chi connectivity index (χ1v) is 6.13. The minimum atomic E-state index is 0.498. The molecule has 0 saturated carbocycles. The summed E-state index contributed by atoms with van der Waals surface area (Å²) in [7, 11) is 0. The van der Waals surface area contributed by atoms with E-state index in [0.717, 1.165) is 10.0 Å². The van der Waals surface area contributed by atoms with Gasteiger partial charge in [-0.3, -0.25) is 0 Å². The van der Waals surface area contributed by atoms with Crippen molar-refractivity contribution in [3.8, 4) is 17.6 Å². The maximum atomic E-state index is 9.07. The lowest BCUT2D eigenvalue weighted by molar-refractivity contribution is 0.479. The second-order valence-corrected chi connectivity index (χ2v) is 4.76. The lowest BCUT2D eigenvalue weighted by Gasteiger charge is -2.12. The fraction of sp³-hybridized carbons (Fsp3) is 0.0714. The number of nitrogens with two attached hydrogens (primary N) is 1. The molecule has 2 N–H and O–H groups in total. The molecule has 90 valence electrons. The zero-order chi connectivity index (χ0) is 13.1. The molecular weight excluding hydrogens is 292 g/mol. The molecule has 0 amide bonds. The van der Waals surface area contributed by atoms with Crippen molar-refractivity contribution in [1.82, 2.24) is 0 Å². The van der Waals surface area contributed by atoms with Gasteiger partial charge in [0.1, 0.15) is 17.6 Å². The number of rotatable bonds is 2. The number of halogens is 1. The number of hydrogen-bond acceptors (Lipinski definition) is 3. The van der Waals surface area contributed by atoms with Gasteiger partial charge < -0.3 is 10.5 Å². The molecule has 0 aromatic heterocycles. The number of hydrogen-bond donors (Lipinski definition) is 1. The van der Waals surface area contributed by atoms with Crippen molar-refractivity contribution in [3.05, 3.63) is 52.0 Å². The monoisotopic (exact) mass is 302 g/mol. The van der Waals surface area contributed by atoms with Crippen molar-refractivity contribution >= 4 is 21.6 Å². The summed E-state index contributed by atoms with van der Waals surface area (Å²) in [6.07, 6.45) is 0. The highest BCUT2D eigenvalue weighted by molar-refractivity contribution is 9.10. The van der Waals surface area contributed by atoms with Crippen LogP contribution in [0.1, 0.15) is 11.1 Å². The Kier molecular flexibility index (Phi) is 3.54. The van der Waals surface area contributed by atoms with E-state index in [2.05, 4.69) is 22.0 Å². The predicted octanol–water partition coefficient (Wildman–Crippen LogP) is 4.00. The highest BCUT2D eigenvalue weighted by Crippen LogP contribution is 2.33. The summed E-state index contributed by atoms with van der Waals surface area (Å²) in [5, 5.41) is 9.07. The third kappa shape index (κ3) is 2.47. The van der Waals surface area contributed by atoms with Crippen molar-refractivity contribution in [1.29, 1.82) is 5.26 Å². The van der Waals surface area contributed by atoms with Crippen molar-refractivity contribution in [3.63, 3.8) is 0 Å². The van der Waals surface area contributed by atoms with E-state index >= 15 is 0 Å². The molecule has 0 spiro atoms. The Labute approximate surface area is 114 Å². The van der Waals surface area contributed by atoms with E-state index in [1.54, 1.807) is 18.2 Å². The Balaban J connectivity index is 2.43. The number of nitrogens with zero attached hydrogens (tertiary/aromatic N) is 1. The van der Waals surface area contributed by atoms with Crippen LogP contribution in [0.4, 0.5) is 5.69 Å². The van der Waals surface area contributed by atoms with Crippen LogP contribution in [-0.2, 0) is 0 Å². The predicted molar refractivity (Wildman–Crippen MR) is 74.5 cm³/mol. The van der Waals surface area contributed by atoms with Gasteiger partial charge in [0.05, 0.1) is 11.3 Å². The van der Waals surface area contributed by atoms with Crippen LogP contribution in [0.5, 0.6) is 11.5 Å². The Morgan fingerprint density at radius 3 is 2.72 bits per heavy atom. The van der Waals surface area contributed by atoms with Crippen LogP contribution < -0.4 is 10.5 Å². The molecule has 0 fully saturated rings. The average Bonchev–Trinajstić information content (AvgIpc) is 2.34. The molecule has 4 heteroatoms. The summed E-state index contributed by atoms with van der Waals surface area (Å²) in [4.78, 5) is 0. The summed E-state index contributed by atoms with van der Waals surface area (Å²) < 4.78 is 6.64. The normalized spacial score (nSPS) is 9.83. The lowest BCUT2D eigenvalue weighted by Crippen LogP contribution is -1.95. The molecule has 0 bridgehead atoms. The van der Waals surface area contributed by atoms with E-state index in [0.29, 0.717) is 22.7 Å². The van der Waals surface area contributed by atoms with Gasteiger partial charge in [0.15, 0.2) is 0 Å². The molecule has 2 aromatic rings. The van der Waals surface area contributed by atoms with E-state index in [4.69, 9.17) is 15.7 Å². The average molecular weight is 303 g/mol. The first-order valence-electron chi connectivity index (χ1n) is 5.34. The van der Waals surface area contributed by atoms with Gasteiger partial charge in [-0.2, -0.15) is 5.26 Å². The van der Waals surface area contributed by atoms with Crippen LogP contribution >= 0.6 is 15.9 Å². The smallest absolute Gasteiger partial charge is 0.150 e. The van der Waals surface area contributed by atoms with Crippen molar-refractivity contribution < 1.29 is 4.74 Å². The van der Waals surface area contributed by atoms with Crippen molar-refractivity contribution in [2.75, 3.05) is 5.73 Å². The van der Waals surface area contributed by atoms with E-state index in [1.165, 1.54) is 0 Å². The fourth-order valence-corrected chi connectivity index (χ4v) is 1.98. The van der Waals surface area contributed by atoms with Crippen LogP contribution in [0.15, 0.2) is 40.9 Å². The van der Waals surface area contributed by atoms with Crippen LogP contribution in [-0.4, -0.2) is 0 Å². The standard InChI is InChI=1S/C14H11BrN2O/c1-9-3-2-4-10(8-16)14(9)18-13-6-5-11(15)7-12(13)17/h2-7H,17H2,1H3. The molecule has 0 unspecified atom stereocenters. The Morgan fingerprint density at radius 1 is 1.28 bits per heavy atom. The molecule has 18 heavy (non-hydrogen) atoms. The van der Waals surface area contributed by atoms with E-state index < -0.39 is 0 Å². The highest BCUT2D eigenvalue weighted by Gasteiger charge is 2.09. The maximum absolute atomic E-state index is 9.07. The van der Waals surface area contributed by atoms with Gasteiger partial charge in [-0.25, -0.2) is 0 Å². The second kappa shape index (κ2) is 5.11. The number of anilines is 1. The third-order valence-electron chi connectivity index (χ3n) is 2.52. The summed E-state index contributed by atoms with van der Waals surface area (Å²) >= 11 is 3.34. The van der Waals surface area contributed by atoms with E-state index in [-0.39, 0.29) is 0 Å². The van der Waals surface area contributed by atoms with E-state index in [9.17, 15) is 0 Å². The van der Waals surface area contributed by atoms with Gasteiger partial charge >= 0.3 is 0 Å². The minimum Gasteiger partial charge on any atom is -0.454 e. The summed E-state index contributed by atoms with van der Waals surface area (Å²) in [6, 6.07) is 12.9. The SMILES string of the molecule is Cc1cccc(C#N)c1Oc1ccc(Br)cc1N. The van der Waals surface area contributed by atoms with Gasteiger partial charge in [0, 0.05) is 4.47 Å². The minimum absolute atomic E-state index is 0.498. The topological polar surface area (TPSA) is 59.0 Å². The number of nitrogen functional groups attached to an aromatic ring is 1. The van der Waals surface area contributed by atoms with Crippen molar-refractivity contribution in [2.45, 2.75) is 6.92 Å². The molecule has 0 radical (unpaired) electrons. The van der Waals surface area contributed by atoms with Crippen LogP contribution in [0.25, 0.3) is 0 Å². The third-order valence-corrected chi connectivity index (χ3v) is 3.01. The molecule has 0 atom stereocenters. The summed E-state index contributed by atoms with van der Waals surface area (Å²) in [5.41, 5.74) is 7.79. The van der Waals surface area contributed by atoms with Gasteiger partial charge in [0.2, 0.25) is 0 Å². The first-order chi connectivity index (χ1) is 8.61. The number of para-hydroxylation sites is 1. The van der Waals surface area contributed by atoms with E-state index in [1.807, 2.05) is 25.1 Å². The molecule has 0 aliphatic heterocycles. The first kappa shape index (κ1) is 12.5. The van der Waals surface area contributed by atoms with Gasteiger partial charge in [-0.05, 0) is 36.8 Å². The Bertz CT molecular complexity index is 632. The molecule has 3 nitrogen and oxygen atoms in total. The molecule has 0 aliphatic carbocycles. The molecule has 2 aromatic carbocycles. The zero-order valence-electron chi connectivity index (χ0n) is 9.77. The number of benzene rings is 2. The zero-order valence-corrected chi connectivity index (χ0v) is 11.4. The Morgan fingerprint density at radius 2 is 2.06 bits per heavy atom. The van der Waals surface area contributed by atoms with Gasteiger partial charge in [0.25, 0.3) is 0 Å². The summed E-state index contributed by atoms with van der Waals surface area (Å²) in [6.45, 7) is 1.89.